The van der Waals surface area contributed by atoms with Crippen LogP contribution in [0.4, 0.5) is 0 Å². The van der Waals surface area contributed by atoms with Crippen molar-refractivity contribution in [1.29, 1.82) is 0 Å². The first-order valence-electron chi connectivity index (χ1n) is 13.3. The predicted octanol–water partition coefficient (Wildman–Crippen LogP) is 7.04. The van der Waals surface area contributed by atoms with Crippen LogP contribution in [-0.4, -0.2) is 45.5 Å². The number of imidazole rings is 1. The maximum absolute atomic E-state index is 12.8. The van der Waals surface area contributed by atoms with E-state index in [0.29, 0.717) is 19.0 Å². The molecule has 202 valence electrons. The molecular formula is C30H44N4O2S. The highest BCUT2D eigenvalue weighted by Gasteiger charge is 2.28. The van der Waals surface area contributed by atoms with Gasteiger partial charge in [0.1, 0.15) is 17.3 Å². The van der Waals surface area contributed by atoms with E-state index in [1.807, 2.05) is 28.8 Å². The number of carbonyl (C=O) groups excluding carboxylic acids is 1. The van der Waals surface area contributed by atoms with Crippen LogP contribution in [-0.2, 0) is 22.2 Å². The first-order chi connectivity index (χ1) is 17.4. The van der Waals surface area contributed by atoms with Crippen molar-refractivity contribution >= 4 is 17.2 Å². The van der Waals surface area contributed by atoms with Crippen LogP contribution in [0.5, 0.6) is 5.75 Å². The summed E-state index contributed by atoms with van der Waals surface area (Å²) in [5.74, 6) is 1.47. The van der Waals surface area contributed by atoms with Crippen LogP contribution in [0.2, 0.25) is 0 Å². The summed E-state index contributed by atoms with van der Waals surface area (Å²) in [4.78, 5) is 24.9. The number of nitrogens with zero attached hydrogens (tertiary/aromatic N) is 4. The summed E-state index contributed by atoms with van der Waals surface area (Å²) < 4.78 is 7.77. The van der Waals surface area contributed by atoms with Crippen molar-refractivity contribution in [2.24, 2.45) is 0 Å². The Morgan fingerprint density at radius 3 is 2.24 bits per heavy atom. The molecule has 6 nitrogen and oxygen atoms in total. The van der Waals surface area contributed by atoms with Gasteiger partial charge in [0.15, 0.2) is 0 Å². The number of carbonyl (C=O) groups is 1. The minimum atomic E-state index is -0.0553. The highest BCUT2D eigenvalue weighted by molar-refractivity contribution is 7.15. The summed E-state index contributed by atoms with van der Waals surface area (Å²) in [6.45, 7) is 19.4. The quantitative estimate of drug-likeness (QED) is 0.285. The molecule has 7 heteroatoms. The number of methoxy groups -OCH3 is 1. The molecule has 0 spiro atoms. The van der Waals surface area contributed by atoms with Gasteiger partial charge in [-0.05, 0) is 48.6 Å². The summed E-state index contributed by atoms with van der Waals surface area (Å²) in [7, 11) is 1.77. The highest BCUT2D eigenvalue weighted by Crippen LogP contribution is 2.43. The SMILES string of the molecule is CCC(CCN(CC)C(=O)Cn1ccnc1)c1cnc(-c2cc(C(C)(C)C)c(OC)c(C(C)(C)C)c2)s1. The molecular weight excluding hydrogens is 480 g/mol. The molecule has 1 unspecified atom stereocenters. The standard InChI is InChI=1S/C30H44N4O2S/c1-10-21(12-14-34(11-2)26(35)19-33-15-13-31-20-33)25-18-32-28(37-25)22-16-23(29(3,4)5)27(36-9)24(17-22)30(6,7)8/h13,15-18,20-21H,10-12,14,19H2,1-9H3. The van der Waals surface area contributed by atoms with E-state index in [1.165, 1.54) is 16.0 Å². The van der Waals surface area contributed by atoms with E-state index in [-0.39, 0.29) is 16.7 Å². The second kappa shape index (κ2) is 11.8. The second-order valence-electron chi connectivity index (χ2n) is 11.8. The maximum Gasteiger partial charge on any atom is 0.242 e. The van der Waals surface area contributed by atoms with Crippen LogP contribution < -0.4 is 4.74 Å². The number of ether oxygens (including phenoxy) is 1. The largest absolute Gasteiger partial charge is 0.496 e. The molecule has 0 aliphatic rings. The minimum Gasteiger partial charge on any atom is -0.496 e. The lowest BCUT2D eigenvalue weighted by molar-refractivity contribution is -0.131. The molecule has 0 bridgehead atoms. The fourth-order valence-electron chi connectivity index (χ4n) is 4.65. The van der Waals surface area contributed by atoms with Crippen LogP contribution in [0.25, 0.3) is 10.6 Å². The van der Waals surface area contributed by atoms with Gasteiger partial charge in [0.05, 0.1) is 13.4 Å². The molecule has 3 aromatic rings. The average molecular weight is 525 g/mol. The van der Waals surface area contributed by atoms with E-state index in [4.69, 9.17) is 9.72 Å². The third-order valence-electron chi connectivity index (χ3n) is 6.93. The molecule has 0 saturated heterocycles. The Balaban J connectivity index is 1.84. The molecule has 1 amide bonds. The Hall–Kier alpha value is -2.67. The Kier molecular flexibility index (Phi) is 9.22. The Labute approximate surface area is 227 Å². The molecule has 2 aromatic heterocycles. The lowest BCUT2D eigenvalue weighted by atomic mass is 9.78. The highest BCUT2D eigenvalue weighted by atomic mass is 32.1. The Bertz CT molecular complexity index is 1130. The summed E-state index contributed by atoms with van der Waals surface area (Å²) in [5, 5.41) is 1.04. The van der Waals surface area contributed by atoms with Gasteiger partial charge in [0.2, 0.25) is 5.91 Å². The van der Waals surface area contributed by atoms with Crippen molar-refractivity contribution in [2.45, 2.75) is 91.5 Å². The van der Waals surface area contributed by atoms with Gasteiger partial charge in [-0.1, -0.05) is 48.5 Å². The molecule has 0 radical (unpaired) electrons. The number of benzene rings is 1. The zero-order valence-corrected chi connectivity index (χ0v) is 24.9. The lowest BCUT2D eigenvalue weighted by Gasteiger charge is -2.29. The topological polar surface area (TPSA) is 60.2 Å². The van der Waals surface area contributed by atoms with Gasteiger partial charge in [0.25, 0.3) is 0 Å². The van der Waals surface area contributed by atoms with Crippen molar-refractivity contribution < 1.29 is 9.53 Å². The van der Waals surface area contributed by atoms with Gasteiger partial charge >= 0.3 is 0 Å². The molecule has 3 rings (SSSR count). The van der Waals surface area contributed by atoms with Crippen LogP contribution in [0.1, 0.15) is 90.2 Å². The zero-order valence-electron chi connectivity index (χ0n) is 24.1. The number of likely N-dealkylation sites (N-methyl/N-ethyl adjacent to an activating group) is 1. The number of amides is 1. The number of aromatic nitrogens is 3. The monoisotopic (exact) mass is 524 g/mol. The molecule has 0 saturated carbocycles. The van der Waals surface area contributed by atoms with Gasteiger partial charge in [-0.2, -0.15) is 0 Å². The first-order valence-corrected chi connectivity index (χ1v) is 14.1. The van der Waals surface area contributed by atoms with E-state index in [9.17, 15) is 4.79 Å². The maximum atomic E-state index is 12.8. The number of hydrogen-bond acceptors (Lipinski definition) is 5. The zero-order chi connectivity index (χ0) is 27.4. The molecule has 2 heterocycles. The third-order valence-corrected chi connectivity index (χ3v) is 8.14. The molecule has 0 aliphatic heterocycles. The van der Waals surface area contributed by atoms with E-state index in [1.54, 1.807) is 31.0 Å². The predicted molar refractivity (Wildman–Crippen MR) is 154 cm³/mol. The summed E-state index contributed by atoms with van der Waals surface area (Å²) >= 11 is 1.77. The van der Waals surface area contributed by atoms with Crippen LogP contribution >= 0.6 is 11.3 Å². The molecule has 0 fully saturated rings. The molecule has 37 heavy (non-hydrogen) atoms. The summed E-state index contributed by atoms with van der Waals surface area (Å²) in [6, 6.07) is 4.51. The van der Waals surface area contributed by atoms with Crippen molar-refractivity contribution in [1.82, 2.24) is 19.4 Å². The smallest absolute Gasteiger partial charge is 0.242 e. The average Bonchev–Trinajstić information content (AvgIpc) is 3.52. The van der Waals surface area contributed by atoms with E-state index < -0.39 is 0 Å². The normalized spacial score (nSPS) is 13.0. The fraction of sp³-hybridized carbons (Fsp3) is 0.567. The summed E-state index contributed by atoms with van der Waals surface area (Å²) in [5.41, 5.74) is 3.44. The molecule has 0 aliphatic carbocycles. The van der Waals surface area contributed by atoms with E-state index in [2.05, 4.69) is 65.6 Å². The van der Waals surface area contributed by atoms with Gasteiger partial charge < -0.3 is 14.2 Å². The lowest BCUT2D eigenvalue weighted by Crippen LogP contribution is -2.34. The number of hydrogen-bond donors (Lipinski definition) is 0. The van der Waals surface area contributed by atoms with Gasteiger partial charge in [-0.15, -0.1) is 11.3 Å². The number of thiazole rings is 1. The van der Waals surface area contributed by atoms with Gasteiger partial charge in [-0.3, -0.25) is 4.79 Å². The molecule has 1 atom stereocenters. The Morgan fingerprint density at radius 1 is 1.11 bits per heavy atom. The van der Waals surface area contributed by atoms with E-state index >= 15 is 0 Å². The van der Waals surface area contributed by atoms with Crippen molar-refractivity contribution in [2.75, 3.05) is 20.2 Å². The molecule has 0 N–H and O–H groups in total. The van der Waals surface area contributed by atoms with E-state index in [0.717, 1.165) is 35.7 Å². The van der Waals surface area contributed by atoms with Crippen LogP contribution in [0.3, 0.4) is 0 Å². The van der Waals surface area contributed by atoms with Crippen molar-refractivity contribution in [3.05, 3.63) is 53.1 Å². The summed E-state index contributed by atoms with van der Waals surface area (Å²) in [6.07, 6.45) is 9.19. The third kappa shape index (κ3) is 7.01. The van der Waals surface area contributed by atoms with Crippen LogP contribution in [0, 0.1) is 0 Å². The first kappa shape index (κ1) is 28.9. The van der Waals surface area contributed by atoms with Gasteiger partial charge in [0, 0.05) is 53.2 Å². The molecule has 1 aromatic carbocycles. The minimum absolute atomic E-state index is 0.0553. The van der Waals surface area contributed by atoms with Crippen LogP contribution in [0.15, 0.2) is 37.1 Å². The second-order valence-corrected chi connectivity index (χ2v) is 12.8. The fourth-order valence-corrected chi connectivity index (χ4v) is 5.77. The van der Waals surface area contributed by atoms with Crippen molar-refractivity contribution in [3.8, 4) is 16.3 Å². The van der Waals surface area contributed by atoms with Gasteiger partial charge in [-0.25, -0.2) is 9.97 Å². The Morgan fingerprint density at radius 2 is 1.76 bits per heavy atom. The van der Waals surface area contributed by atoms with Crippen molar-refractivity contribution in [3.63, 3.8) is 0 Å². The number of rotatable bonds is 10.